The van der Waals surface area contributed by atoms with Crippen LogP contribution in [-0.4, -0.2) is 35.2 Å². The maximum atomic E-state index is 12.6. The van der Waals surface area contributed by atoms with Crippen LogP contribution in [0.4, 0.5) is 5.69 Å². The van der Waals surface area contributed by atoms with Gasteiger partial charge in [-0.15, -0.1) is 11.3 Å². The van der Waals surface area contributed by atoms with E-state index in [9.17, 15) is 4.79 Å². The van der Waals surface area contributed by atoms with Crippen LogP contribution in [0.2, 0.25) is 0 Å². The Morgan fingerprint density at radius 3 is 3.07 bits per heavy atom. The van der Waals surface area contributed by atoms with E-state index in [2.05, 4.69) is 15.3 Å². The second-order valence-corrected chi connectivity index (χ2v) is 7.89. The normalized spacial score (nSPS) is 16.0. The molecule has 4 rings (SSSR count). The molecule has 3 heterocycles. The molecule has 0 aliphatic carbocycles. The number of pyridine rings is 1. The standard InChI is InChI=1S/C22H23N3O3S/c1-15-7-8-18(20(11-15)28-13-17-5-4-10-27-17)25-21(26)12-16-14-29-22(24-16)19-6-2-3-9-23-19/h2-3,6-9,11,14,17H,4-5,10,12-13H2,1H3,(H,25,26). The van der Waals surface area contributed by atoms with Crippen LogP contribution in [0.1, 0.15) is 24.1 Å². The second kappa shape index (κ2) is 9.15. The second-order valence-electron chi connectivity index (χ2n) is 7.03. The summed E-state index contributed by atoms with van der Waals surface area (Å²) in [6.45, 7) is 3.28. The van der Waals surface area contributed by atoms with Gasteiger partial charge in [-0.3, -0.25) is 9.78 Å². The zero-order valence-electron chi connectivity index (χ0n) is 16.3. The summed E-state index contributed by atoms with van der Waals surface area (Å²) in [6, 6.07) is 11.5. The van der Waals surface area contributed by atoms with Gasteiger partial charge in [0.25, 0.3) is 0 Å². The predicted molar refractivity (Wildman–Crippen MR) is 113 cm³/mol. The van der Waals surface area contributed by atoms with E-state index in [1.54, 1.807) is 6.20 Å². The van der Waals surface area contributed by atoms with Crippen molar-refractivity contribution < 1.29 is 14.3 Å². The van der Waals surface area contributed by atoms with Gasteiger partial charge in [-0.25, -0.2) is 4.98 Å². The molecule has 1 fully saturated rings. The number of carbonyl (C=O) groups excluding carboxylic acids is 1. The van der Waals surface area contributed by atoms with E-state index in [1.807, 2.05) is 48.7 Å². The first kappa shape index (κ1) is 19.5. The first-order chi connectivity index (χ1) is 14.2. The fourth-order valence-corrected chi connectivity index (χ4v) is 3.96. The van der Waals surface area contributed by atoms with Gasteiger partial charge in [0.1, 0.15) is 17.4 Å². The lowest BCUT2D eigenvalue weighted by Gasteiger charge is -2.16. The number of hydrogen-bond donors (Lipinski definition) is 1. The maximum Gasteiger partial charge on any atom is 0.230 e. The van der Waals surface area contributed by atoms with E-state index < -0.39 is 0 Å². The molecule has 0 saturated carbocycles. The van der Waals surface area contributed by atoms with Crippen molar-refractivity contribution >= 4 is 22.9 Å². The number of nitrogens with zero attached hydrogens (tertiary/aromatic N) is 2. The third-order valence-corrected chi connectivity index (χ3v) is 5.55. The first-order valence-electron chi connectivity index (χ1n) is 9.68. The van der Waals surface area contributed by atoms with Crippen LogP contribution < -0.4 is 10.1 Å². The number of hydrogen-bond acceptors (Lipinski definition) is 6. The van der Waals surface area contributed by atoms with E-state index in [1.165, 1.54) is 11.3 Å². The minimum atomic E-state index is -0.131. The van der Waals surface area contributed by atoms with Crippen molar-refractivity contribution in [1.29, 1.82) is 0 Å². The van der Waals surface area contributed by atoms with Crippen molar-refractivity contribution in [3.63, 3.8) is 0 Å². The molecule has 1 aromatic carbocycles. The minimum absolute atomic E-state index is 0.124. The molecule has 6 nitrogen and oxygen atoms in total. The third-order valence-electron chi connectivity index (χ3n) is 4.64. The molecule has 1 N–H and O–H groups in total. The van der Waals surface area contributed by atoms with E-state index >= 15 is 0 Å². The van der Waals surface area contributed by atoms with Crippen molar-refractivity contribution in [2.45, 2.75) is 32.3 Å². The minimum Gasteiger partial charge on any atom is -0.489 e. The lowest BCUT2D eigenvalue weighted by atomic mass is 10.2. The Balaban J connectivity index is 1.40. The highest BCUT2D eigenvalue weighted by Gasteiger charge is 2.18. The van der Waals surface area contributed by atoms with E-state index in [0.717, 1.165) is 41.4 Å². The Morgan fingerprint density at radius 1 is 1.34 bits per heavy atom. The highest BCUT2D eigenvalue weighted by Crippen LogP contribution is 2.27. The van der Waals surface area contributed by atoms with E-state index in [0.29, 0.717) is 18.0 Å². The average molecular weight is 410 g/mol. The quantitative estimate of drug-likeness (QED) is 0.631. The van der Waals surface area contributed by atoms with Crippen LogP contribution in [-0.2, 0) is 16.0 Å². The predicted octanol–water partition coefficient (Wildman–Crippen LogP) is 4.25. The fraction of sp³-hybridized carbons (Fsp3) is 0.318. The van der Waals surface area contributed by atoms with Gasteiger partial charge in [-0.2, -0.15) is 0 Å². The van der Waals surface area contributed by atoms with Crippen molar-refractivity contribution in [3.05, 3.63) is 59.2 Å². The van der Waals surface area contributed by atoms with E-state index in [-0.39, 0.29) is 18.4 Å². The summed E-state index contributed by atoms with van der Waals surface area (Å²) in [4.78, 5) is 21.4. The van der Waals surface area contributed by atoms with Crippen molar-refractivity contribution in [2.24, 2.45) is 0 Å². The summed E-state index contributed by atoms with van der Waals surface area (Å²) in [5, 5.41) is 5.66. The van der Waals surface area contributed by atoms with Gasteiger partial charge < -0.3 is 14.8 Å². The summed E-state index contributed by atoms with van der Waals surface area (Å²) in [6.07, 6.45) is 4.13. The summed E-state index contributed by atoms with van der Waals surface area (Å²) < 4.78 is 11.6. The Morgan fingerprint density at radius 2 is 2.28 bits per heavy atom. The molecule has 2 aromatic heterocycles. The molecule has 7 heteroatoms. The highest BCUT2D eigenvalue weighted by atomic mass is 32.1. The van der Waals surface area contributed by atoms with Crippen LogP contribution in [0.5, 0.6) is 5.75 Å². The third kappa shape index (κ3) is 5.19. The van der Waals surface area contributed by atoms with Gasteiger partial charge in [-0.1, -0.05) is 12.1 Å². The van der Waals surface area contributed by atoms with Crippen LogP contribution in [0.25, 0.3) is 10.7 Å². The fourth-order valence-electron chi connectivity index (χ4n) is 3.16. The van der Waals surface area contributed by atoms with Crippen molar-refractivity contribution in [3.8, 4) is 16.5 Å². The topological polar surface area (TPSA) is 73.3 Å². The number of rotatable bonds is 7. The van der Waals surface area contributed by atoms with Crippen LogP contribution in [0.15, 0.2) is 48.0 Å². The summed E-state index contributed by atoms with van der Waals surface area (Å²) in [5.41, 5.74) is 3.28. The number of aromatic nitrogens is 2. The smallest absolute Gasteiger partial charge is 0.230 e. The largest absolute Gasteiger partial charge is 0.489 e. The Hall–Kier alpha value is -2.77. The number of anilines is 1. The van der Waals surface area contributed by atoms with Gasteiger partial charge in [0.05, 0.1) is 29.6 Å². The number of thiazole rings is 1. The molecule has 0 radical (unpaired) electrons. The van der Waals surface area contributed by atoms with Gasteiger partial charge >= 0.3 is 0 Å². The molecule has 1 unspecified atom stereocenters. The first-order valence-corrected chi connectivity index (χ1v) is 10.6. The molecule has 1 amide bonds. The monoisotopic (exact) mass is 409 g/mol. The molecular formula is C22H23N3O3S. The van der Waals surface area contributed by atoms with Gasteiger partial charge in [0.15, 0.2) is 0 Å². The summed E-state index contributed by atoms with van der Waals surface area (Å²) >= 11 is 1.49. The molecule has 1 aliphatic heterocycles. The maximum absolute atomic E-state index is 12.6. The SMILES string of the molecule is Cc1ccc(NC(=O)Cc2csc(-c3ccccn3)n2)c(OCC2CCCO2)c1. The summed E-state index contributed by atoms with van der Waals surface area (Å²) in [7, 11) is 0. The number of amides is 1. The molecule has 0 spiro atoms. The zero-order valence-corrected chi connectivity index (χ0v) is 17.1. The van der Waals surface area contributed by atoms with Crippen molar-refractivity contribution in [2.75, 3.05) is 18.5 Å². The number of nitrogens with one attached hydrogen (secondary N) is 1. The molecule has 1 aliphatic rings. The molecule has 1 atom stereocenters. The van der Waals surface area contributed by atoms with Gasteiger partial charge in [0.2, 0.25) is 5.91 Å². The summed E-state index contributed by atoms with van der Waals surface area (Å²) in [5.74, 6) is 0.537. The number of carbonyl (C=O) groups is 1. The molecule has 0 bridgehead atoms. The molecule has 3 aromatic rings. The van der Waals surface area contributed by atoms with Gasteiger partial charge in [0, 0.05) is 18.2 Å². The van der Waals surface area contributed by atoms with Crippen molar-refractivity contribution in [1.82, 2.24) is 9.97 Å². The lowest BCUT2D eigenvalue weighted by molar-refractivity contribution is -0.115. The highest BCUT2D eigenvalue weighted by molar-refractivity contribution is 7.13. The molecule has 1 saturated heterocycles. The Labute approximate surface area is 173 Å². The Bertz CT molecular complexity index is 968. The lowest BCUT2D eigenvalue weighted by Crippen LogP contribution is -2.19. The Kier molecular flexibility index (Phi) is 6.17. The van der Waals surface area contributed by atoms with Crippen LogP contribution >= 0.6 is 11.3 Å². The molecule has 150 valence electrons. The number of benzene rings is 1. The van der Waals surface area contributed by atoms with E-state index in [4.69, 9.17) is 9.47 Å². The number of ether oxygens (including phenoxy) is 2. The van der Waals surface area contributed by atoms with Crippen LogP contribution in [0, 0.1) is 6.92 Å². The zero-order chi connectivity index (χ0) is 20.1. The number of aryl methyl sites for hydroxylation is 1. The molecular weight excluding hydrogens is 386 g/mol. The van der Waals surface area contributed by atoms with Gasteiger partial charge in [-0.05, 0) is 49.6 Å². The molecule has 29 heavy (non-hydrogen) atoms. The van der Waals surface area contributed by atoms with Crippen LogP contribution in [0.3, 0.4) is 0 Å². The average Bonchev–Trinajstić information content (AvgIpc) is 3.41.